The molecular weight excluding hydrogens is 497 g/mol. The molecular formula is C21H34IN5O3. The number of amides is 1. The average Bonchev–Trinajstić information content (AvgIpc) is 3.37. The molecule has 168 valence electrons. The highest BCUT2D eigenvalue weighted by atomic mass is 127. The van der Waals surface area contributed by atoms with Gasteiger partial charge in [-0.25, -0.2) is 4.99 Å². The summed E-state index contributed by atoms with van der Waals surface area (Å²) >= 11 is 0. The smallest absolute Gasteiger partial charge is 0.239 e. The molecule has 0 aliphatic carbocycles. The van der Waals surface area contributed by atoms with Crippen LogP contribution >= 0.6 is 24.0 Å². The largest absolute Gasteiger partial charge is 0.454 e. The number of nitrogens with zero attached hydrogens (tertiary/aromatic N) is 3. The number of hydrogen-bond donors (Lipinski definition) is 2. The van der Waals surface area contributed by atoms with Crippen molar-refractivity contribution in [1.29, 1.82) is 0 Å². The monoisotopic (exact) mass is 531 g/mol. The Hall–Kier alpha value is -1.75. The van der Waals surface area contributed by atoms with Gasteiger partial charge in [-0.05, 0) is 50.4 Å². The first-order valence-electron chi connectivity index (χ1n) is 10.4. The van der Waals surface area contributed by atoms with E-state index < -0.39 is 0 Å². The van der Waals surface area contributed by atoms with E-state index in [2.05, 4.69) is 27.4 Å². The van der Waals surface area contributed by atoms with Crippen LogP contribution in [0, 0.1) is 0 Å². The molecule has 3 rings (SSSR count). The summed E-state index contributed by atoms with van der Waals surface area (Å²) in [5.74, 6) is 2.58. The first-order chi connectivity index (χ1) is 14.1. The van der Waals surface area contributed by atoms with Crippen molar-refractivity contribution in [2.45, 2.75) is 38.8 Å². The Bertz CT molecular complexity index is 729. The van der Waals surface area contributed by atoms with Crippen LogP contribution in [0.3, 0.4) is 0 Å². The van der Waals surface area contributed by atoms with Crippen LogP contribution in [-0.4, -0.2) is 74.8 Å². The number of hydrogen-bond acceptors (Lipinski definition) is 5. The minimum atomic E-state index is 0. The third kappa shape index (κ3) is 6.63. The van der Waals surface area contributed by atoms with Gasteiger partial charge in [-0.3, -0.25) is 9.69 Å². The fraction of sp³-hybridized carbons (Fsp3) is 0.619. The van der Waals surface area contributed by atoms with Crippen molar-refractivity contribution in [2.24, 2.45) is 4.99 Å². The molecule has 1 aromatic rings. The third-order valence-electron chi connectivity index (χ3n) is 5.20. The zero-order valence-corrected chi connectivity index (χ0v) is 20.5. The molecule has 1 amide bonds. The standard InChI is InChI=1S/C21H33N5O3.HI/c1-4-22-21(24-14-16-8-9-18-19(13-16)29-15-28-18)23-10-6-12-26-11-5-7-17(26)20(27)25(2)3;/h8-9,13,17H,4-7,10-12,14-15H2,1-3H3,(H2,22,23,24);1H. The molecule has 8 nitrogen and oxygen atoms in total. The van der Waals surface area contributed by atoms with E-state index in [0.717, 1.165) is 68.5 Å². The van der Waals surface area contributed by atoms with Gasteiger partial charge in [0.05, 0.1) is 12.6 Å². The number of carbonyl (C=O) groups excluding carboxylic acids is 1. The molecule has 2 aliphatic rings. The predicted molar refractivity (Wildman–Crippen MR) is 129 cm³/mol. The van der Waals surface area contributed by atoms with Crippen LogP contribution < -0.4 is 20.1 Å². The van der Waals surface area contributed by atoms with E-state index in [9.17, 15) is 4.79 Å². The number of carbonyl (C=O) groups is 1. The van der Waals surface area contributed by atoms with E-state index in [-0.39, 0.29) is 42.7 Å². The van der Waals surface area contributed by atoms with Crippen molar-refractivity contribution >= 4 is 35.8 Å². The maximum absolute atomic E-state index is 12.3. The lowest BCUT2D eigenvalue weighted by Gasteiger charge is -2.26. The SMILES string of the molecule is CCNC(=NCc1ccc2c(c1)OCO2)NCCCN1CCCC1C(=O)N(C)C.I. The molecule has 30 heavy (non-hydrogen) atoms. The minimum absolute atomic E-state index is 0. The van der Waals surface area contributed by atoms with Crippen LogP contribution in [0.4, 0.5) is 0 Å². The summed E-state index contributed by atoms with van der Waals surface area (Å²) < 4.78 is 10.8. The normalized spacial score (nSPS) is 18.1. The van der Waals surface area contributed by atoms with Crippen molar-refractivity contribution in [3.8, 4) is 11.5 Å². The van der Waals surface area contributed by atoms with Gasteiger partial charge >= 0.3 is 0 Å². The highest BCUT2D eigenvalue weighted by Crippen LogP contribution is 2.32. The molecule has 0 aromatic heterocycles. The van der Waals surface area contributed by atoms with Crippen LogP contribution in [0.5, 0.6) is 11.5 Å². The van der Waals surface area contributed by atoms with Crippen LogP contribution in [0.1, 0.15) is 31.7 Å². The summed E-state index contributed by atoms with van der Waals surface area (Å²) in [7, 11) is 3.67. The second kappa shape index (κ2) is 12.2. The maximum atomic E-state index is 12.3. The number of aliphatic imine (C=N–C) groups is 1. The number of rotatable bonds is 8. The molecule has 1 fully saturated rings. The Balaban J connectivity index is 0.00000320. The van der Waals surface area contributed by atoms with Crippen LogP contribution in [0.15, 0.2) is 23.2 Å². The van der Waals surface area contributed by atoms with Crippen LogP contribution in [-0.2, 0) is 11.3 Å². The van der Waals surface area contributed by atoms with E-state index in [1.54, 1.807) is 4.90 Å². The van der Waals surface area contributed by atoms with Gasteiger partial charge in [0.1, 0.15) is 0 Å². The number of guanidine groups is 1. The fourth-order valence-corrected chi connectivity index (χ4v) is 3.71. The Morgan fingerprint density at radius 1 is 1.27 bits per heavy atom. The Kier molecular flexibility index (Phi) is 9.96. The van der Waals surface area contributed by atoms with Crippen molar-refractivity contribution in [1.82, 2.24) is 20.4 Å². The molecule has 1 unspecified atom stereocenters. The lowest BCUT2D eigenvalue weighted by molar-refractivity contribution is -0.133. The van der Waals surface area contributed by atoms with E-state index in [1.807, 2.05) is 32.3 Å². The van der Waals surface area contributed by atoms with Gasteiger partial charge in [-0.15, -0.1) is 24.0 Å². The molecule has 0 spiro atoms. The quantitative estimate of drug-likeness (QED) is 0.232. The molecule has 2 aliphatic heterocycles. The second-order valence-electron chi connectivity index (χ2n) is 7.59. The van der Waals surface area contributed by atoms with Gasteiger partial charge in [-0.1, -0.05) is 6.07 Å². The topological polar surface area (TPSA) is 78.4 Å². The molecule has 1 atom stereocenters. The number of likely N-dealkylation sites (tertiary alicyclic amines) is 1. The number of ether oxygens (including phenoxy) is 2. The summed E-state index contributed by atoms with van der Waals surface area (Å²) in [5.41, 5.74) is 1.08. The van der Waals surface area contributed by atoms with Gasteiger partial charge in [0.25, 0.3) is 0 Å². The highest BCUT2D eigenvalue weighted by molar-refractivity contribution is 14.0. The Morgan fingerprint density at radius 3 is 2.83 bits per heavy atom. The second-order valence-corrected chi connectivity index (χ2v) is 7.59. The van der Waals surface area contributed by atoms with Gasteiger partial charge in [0, 0.05) is 33.7 Å². The molecule has 2 N–H and O–H groups in total. The zero-order valence-electron chi connectivity index (χ0n) is 18.1. The van der Waals surface area contributed by atoms with E-state index >= 15 is 0 Å². The highest BCUT2D eigenvalue weighted by Gasteiger charge is 2.30. The Morgan fingerprint density at radius 2 is 2.07 bits per heavy atom. The molecule has 2 heterocycles. The summed E-state index contributed by atoms with van der Waals surface area (Å²) in [6, 6.07) is 5.95. The van der Waals surface area contributed by atoms with Gasteiger partial charge in [0.2, 0.25) is 12.7 Å². The van der Waals surface area contributed by atoms with Gasteiger partial charge in [-0.2, -0.15) is 0 Å². The van der Waals surface area contributed by atoms with E-state index in [4.69, 9.17) is 9.47 Å². The number of nitrogens with one attached hydrogen (secondary N) is 2. The van der Waals surface area contributed by atoms with Gasteiger partial charge in [0.15, 0.2) is 17.5 Å². The van der Waals surface area contributed by atoms with Gasteiger partial charge < -0.3 is 25.0 Å². The zero-order chi connectivity index (χ0) is 20.6. The Labute approximate surface area is 196 Å². The van der Waals surface area contributed by atoms with Crippen molar-refractivity contribution in [3.05, 3.63) is 23.8 Å². The molecule has 0 radical (unpaired) electrons. The third-order valence-corrected chi connectivity index (χ3v) is 5.20. The molecule has 1 saturated heterocycles. The lowest BCUT2D eigenvalue weighted by Crippen LogP contribution is -2.44. The van der Waals surface area contributed by atoms with Crippen LogP contribution in [0.25, 0.3) is 0 Å². The predicted octanol–water partition coefficient (Wildman–Crippen LogP) is 2.03. The first kappa shape index (κ1) is 24.5. The summed E-state index contributed by atoms with van der Waals surface area (Å²) in [6.07, 6.45) is 3.02. The molecule has 1 aromatic carbocycles. The molecule has 0 saturated carbocycles. The van der Waals surface area contributed by atoms with Crippen molar-refractivity contribution < 1.29 is 14.3 Å². The van der Waals surface area contributed by atoms with Crippen LogP contribution in [0.2, 0.25) is 0 Å². The lowest BCUT2D eigenvalue weighted by atomic mass is 10.2. The average molecular weight is 531 g/mol. The summed E-state index contributed by atoms with van der Waals surface area (Å²) in [5, 5.41) is 6.68. The summed E-state index contributed by atoms with van der Waals surface area (Å²) in [4.78, 5) is 21.0. The number of halogens is 1. The number of benzene rings is 1. The maximum Gasteiger partial charge on any atom is 0.239 e. The summed E-state index contributed by atoms with van der Waals surface area (Å²) in [6.45, 7) is 6.44. The minimum Gasteiger partial charge on any atom is -0.454 e. The van der Waals surface area contributed by atoms with E-state index in [1.165, 1.54) is 0 Å². The molecule has 9 heteroatoms. The molecule has 0 bridgehead atoms. The fourth-order valence-electron chi connectivity index (χ4n) is 3.71. The number of fused-ring (bicyclic) bond motifs is 1. The first-order valence-corrected chi connectivity index (χ1v) is 10.4. The van der Waals surface area contributed by atoms with E-state index in [0.29, 0.717) is 6.54 Å². The number of likely N-dealkylation sites (N-methyl/N-ethyl adjacent to an activating group) is 1. The van der Waals surface area contributed by atoms with Crippen molar-refractivity contribution in [3.63, 3.8) is 0 Å². The van der Waals surface area contributed by atoms with Crippen molar-refractivity contribution in [2.75, 3.05) is 47.1 Å².